The van der Waals surface area contributed by atoms with Gasteiger partial charge in [-0.1, -0.05) is 30.7 Å². The molecule has 0 saturated heterocycles. The Morgan fingerprint density at radius 1 is 1.11 bits per heavy atom. The van der Waals surface area contributed by atoms with Crippen LogP contribution in [0.15, 0.2) is 42.5 Å². The average Bonchev–Trinajstić information content (AvgIpc) is 2.39. The van der Waals surface area contributed by atoms with Crippen molar-refractivity contribution in [1.29, 1.82) is 0 Å². The first-order valence-electron chi connectivity index (χ1n) is 6.07. The van der Waals surface area contributed by atoms with Crippen LogP contribution in [0.1, 0.15) is 24.9 Å². The Morgan fingerprint density at radius 2 is 1.79 bits per heavy atom. The Balaban J connectivity index is 2.21. The Kier molecular flexibility index (Phi) is 4.38. The minimum absolute atomic E-state index is 0.0729. The molecular formula is C15H14ClF2N. The molecule has 2 aromatic rings. The van der Waals surface area contributed by atoms with Crippen LogP contribution >= 0.6 is 11.6 Å². The molecule has 2 rings (SSSR count). The van der Waals surface area contributed by atoms with E-state index < -0.39 is 5.82 Å². The molecule has 1 atom stereocenters. The fraction of sp³-hybridized carbons (Fsp3) is 0.200. The van der Waals surface area contributed by atoms with Crippen LogP contribution in [0, 0.1) is 11.6 Å². The zero-order valence-corrected chi connectivity index (χ0v) is 11.2. The second-order valence-corrected chi connectivity index (χ2v) is 4.72. The van der Waals surface area contributed by atoms with Gasteiger partial charge in [-0.25, -0.2) is 8.78 Å². The SMILES string of the molecule is CCC(Nc1ccc(Cl)cc1F)c1ccc(F)cc1. The molecule has 0 aromatic heterocycles. The molecule has 0 amide bonds. The molecule has 0 aliphatic carbocycles. The predicted octanol–water partition coefficient (Wildman–Crippen LogP) is 5.18. The molecule has 19 heavy (non-hydrogen) atoms. The standard InChI is InChI=1S/C15H14ClF2N/c1-2-14(10-3-6-12(17)7-4-10)19-15-8-5-11(16)9-13(15)18/h3-9,14,19H,2H2,1H3. The summed E-state index contributed by atoms with van der Waals surface area (Å²) in [6, 6.07) is 10.6. The number of anilines is 1. The van der Waals surface area contributed by atoms with Crippen LogP contribution in [-0.4, -0.2) is 0 Å². The van der Waals surface area contributed by atoms with Gasteiger partial charge < -0.3 is 5.32 Å². The highest BCUT2D eigenvalue weighted by atomic mass is 35.5. The van der Waals surface area contributed by atoms with Crippen LogP contribution in [-0.2, 0) is 0 Å². The van der Waals surface area contributed by atoms with Gasteiger partial charge in [0.05, 0.1) is 11.7 Å². The number of hydrogen-bond donors (Lipinski definition) is 1. The van der Waals surface area contributed by atoms with E-state index in [9.17, 15) is 8.78 Å². The van der Waals surface area contributed by atoms with Gasteiger partial charge in [-0.15, -0.1) is 0 Å². The third-order valence-electron chi connectivity index (χ3n) is 2.94. The lowest BCUT2D eigenvalue weighted by atomic mass is 10.0. The van der Waals surface area contributed by atoms with Gasteiger partial charge in [0.1, 0.15) is 11.6 Å². The summed E-state index contributed by atoms with van der Waals surface area (Å²) in [5.41, 5.74) is 1.30. The van der Waals surface area contributed by atoms with E-state index in [0.717, 1.165) is 12.0 Å². The molecule has 2 aromatic carbocycles. The molecular weight excluding hydrogens is 268 g/mol. The Bertz CT molecular complexity index is 555. The lowest BCUT2D eigenvalue weighted by Crippen LogP contribution is -2.10. The van der Waals surface area contributed by atoms with Crippen LogP contribution in [0.25, 0.3) is 0 Å². The van der Waals surface area contributed by atoms with Crippen molar-refractivity contribution in [1.82, 2.24) is 0 Å². The summed E-state index contributed by atoms with van der Waals surface area (Å²) in [6.07, 6.45) is 0.758. The van der Waals surface area contributed by atoms with E-state index >= 15 is 0 Å². The van der Waals surface area contributed by atoms with Gasteiger partial charge in [-0.3, -0.25) is 0 Å². The molecule has 1 N–H and O–H groups in total. The zero-order chi connectivity index (χ0) is 13.8. The predicted molar refractivity (Wildman–Crippen MR) is 74.5 cm³/mol. The van der Waals surface area contributed by atoms with Crippen LogP contribution < -0.4 is 5.32 Å². The zero-order valence-electron chi connectivity index (χ0n) is 10.5. The largest absolute Gasteiger partial charge is 0.376 e. The summed E-state index contributed by atoms with van der Waals surface area (Å²) in [5, 5.41) is 3.46. The first-order chi connectivity index (χ1) is 9.10. The maximum Gasteiger partial charge on any atom is 0.147 e. The summed E-state index contributed by atoms with van der Waals surface area (Å²) >= 11 is 5.71. The van der Waals surface area contributed by atoms with Crippen molar-refractivity contribution >= 4 is 17.3 Å². The Hall–Kier alpha value is -1.61. The molecule has 0 saturated carbocycles. The quantitative estimate of drug-likeness (QED) is 0.814. The van der Waals surface area contributed by atoms with Crippen molar-refractivity contribution in [2.75, 3.05) is 5.32 Å². The van der Waals surface area contributed by atoms with Crippen molar-refractivity contribution < 1.29 is 8.78 Å². The maximum atomic E-state index is 13.7. The first-order valence-corrected chi connectivity index (χ1v) is 6.45. The number of halogens is 3. The maximum absolute atomic E-state index is 13.7. The third-order valence-corrected chi connectivity index (χ3v) is 3.18. The van der Waals surface area contributed by atoms with Crippen molar-refractivity contribution in [2.24, 2.45) is 0 Å². The van der Waals surface area contributed by atoms with Gasteiger partial charge in [-0.2, -0.15) is 0 Å². The van der Waals surface area contributed by atoms with Gasteiger partial charge in [0.25, 0.3) is 0 Å². The van der Waals surface area contributed by atoms with Crippen molar-refractivity contribution in [3.63, 3.8) is 0 Å². The smallest absolute Gasteiger partial charge is 0.147 e. The summed E-state index contributed by atoms with van der Waals surface area (Å²) in [4.78, 5) is 0. The molecule has 1 unspecified atom stereocenters. The summed E-state index contributed by atoms with van der Waals surface area (Å²) < 4.78 is 26.6. The normalized spacial score (nSPS) is 12.2. The van der Waals surface area contributed by atoms with E-state index in [1.54, 1.807) is 24.3 Å². The second kappa shape index (κ2) is 6.02. The first kappa shape index (κ1) is 13.8. The van der Waals surface area contributed by atoms with E-state index in [2.05, 4.69) is 5.32 Å². The average molecular weight is 282 g/mol. The number of nitrogens with one attached hydrogen (secondary N) is 1. The van der Waals surface area contributed by atoms with Gasteiger partial charge in [0.2, 0.25) is 0 Å². The molecule has 4 heteroatoms. The van der Waals surface area contributed by atoms with Crippen LogP contribution in [0.2, 0.25) is 5.02 Å². The molecule has 1 nitrogen and oxygen atoms in total. The van der Waals surface area contributed by atoms with E-state index in [-0.39, 0.29) is 11.9 Å². The van der Waals surface area contributed by atoms with E-state index in [1.807, 2.05) is 6.92 Å². The summed E-state index contributed by atoms with van der Waals surface area (Å²) in [7, 11) is 0. The van der Waals surface area contributed by atoms with Crippen LogP contribution in [0.3, 0.4) is 0 Å². The molecule has 0 fully saturated rings. The summed E-state index contributed by atoms with van der Waals surface area (Å²) in [5.74, 6) is -0.677. The highest BCUT2D eigenvalue weighted by Crippen LogP contribution is 2.26. The minimum Gasteiger partial charge on any atom is -0.376 e. The van der Waals surface area contributed by atoms with Crippen molar-refractivity contribution in [2.45, 2.75) is 19.4 Å². The van der Waals surface area contributed by atoms with Gasteiger partial charge in [0.15, 0.2) is 0 Å². The molecule has 0 aliphatic heterocycles. The number of benzene rings is 2. The molecule has 0 aliphatic rings. The Morgan fingerprint density at radius 3 is 2.37 bits per heavy atom. The molecule has 100 valence electrons. The van der Waals surface area contributed by atoms with Gasteiger partial charge in [-0.05, 0) is 42.3 Å². The monoisotopic (exact) mass is 281 g/mol. The fourth-order valence-electron chi connectivity index (χ4n) is 1.91. The van der Waals surface area contributed by atoms with E-state index in [0.29, 0.717) is 10.7 Å². The highest BCUT2D eigenvalue weighted by molar-refractivity contribution is 6.30. The molecule has 0 radical (unpaired) electrons. The number of hydrogen-bond acceptors (Lipinski definition) is 1. The van der Waals surface area contributed by atoms with Crippen LogP contribution in [0.5, 0.6) is 0 Å². The highest BCUT2D eigenvalue weighted by Gasteiger charge is 2.11. The minimum atomic E-state index is -0.395. The lowest BCUT2D eigenvalue weighted by Gasteiger charge is -2.19. The fourth-order valence-corrected chi connectivity index (χ4v) is 2.07. The lowest BCUT2D eigenvalue weighted by molar-refractivity contribution is 0.619. The van der Waals surface area contributed by atoms with Crippen LogP contribution in [0.4, 0.5) is 14.5 Å². The van der Waals surface area contributed by atoms with Crippen molar-refractivity contribution in [3.05, 3.63) is 64.7 Å². The molecule has 0 bridgehead atoms. The van der Waals surface area contributed by atoms with E-state index in [1.165, 1.54) is 18.2 Å². The molecule has 0 heterocycles. The van der Waals surface area contributed by atoms with Crippen molar-refractivity contribution in [3.8, 4) is 0 Å². The number of rotatable bonds is 4. The second-order valence-electron chi connectivity index (χ2n) is 4.28. The topological polar surface area (TPSA) is 12.0 Å². The van der Waals surface area contributed by atoms with Gasteiger partial charge in [0, 0.05) is 5.02 Å². The van der Waals surface area contributed by atoms with E-state index in [4.69, 9.17) is 11.6 Å². The third kappa shape index (κ3) is 3.44. The van der Waals surface area contributed by atoms with Gasteiger partial charge >= 0.3 is 0 Å². The molecule has 0 spiro atoms. The Labute approximate surface area is 116 Å². The summed E-state index contributed by atoms with van der Waals surface area (Å²) in [6.45, 7) is 1.98.